The second-order valence-corrected chi connectivity index (χ2v) is 10.0. The number of hydrogen-bond donors (Lipinski definition) is 4. The minimum atomic E-state index is -0.909. The molecule has 4 rings (SSSR count). The second kappa shape index (κ2) is 12.1. The van der Waals surface area contributed by atoms with Gasteiger partial charge in [-0.25, -0.2) is 0 Å². The van der Waals surface area contributed by atoms with Crippen molar-refractivity contribution in [2.24, 2.45) is 11.5 Å². The highest BCUT2D eigenvalue weighted by molar-refractivity contribution is 5.95. The molecule has 4 atom stereocenters. The Labute approximate surface area is 222 Å². The van der Waals surface area contributed by atoms with Crippen LogP contribution in [0.5, 0.6) is 5.75 Å². The van der Waals surface area contributed by atoms with E-state index in [0.29, 0.717) is 38.8 Å². The van der Waals surface area contributed by atoms with Crippen LogP contribution < -0.4 is 16.8 Å². The number of nitrogens with one attached hydrogen (secondary N) is 1. The van der Waals surface area contributed by atoms with Crippen molar-refractivity contribution in [2.45, 2.75) is 62.7 Å². The Kier molecular flexibility index (Phi) is 8.62. The number of nitrogens with zero attached hydrogens (tertiary/aromatic N) is 2. The molecule has 2 heterocycles. The number of benzene rings is 2. The first-order valence-electron chi connectivity index (χ1n) is 13.0. The molecular formula is C28H35N5O5. The fraction of sp³-hybridized carbons (Fsp3) is 0.429. The molecule has 0 aromatic heterocycles. The standard InChI is InChI=1S/C28H35N5O5/c29-21(16-19-10-12-20(34)13-11-19)27(37)33-15-5-9-24(33)26(36)31-22(17-18-6-2-1-3-7-18)28(38)32-14-4-8-23(32)25(30)35/h1-3,6-7,10-13,21-24,34H,4-5,8-9,14-17,29H2,(H2,30,35)(H,31,36)/t21?,22-,23?,24?/m0/s1. The Morgan fingerprint density at radius 1 is 0.842 bits per heavy atom. The van der Waals surface area contributed by atoms with E-state index in [4.69, 9.17) is 11.5 Å². The summed E-state index contributed by atoms with van der Waals surface area (Å²) in [7, 11) is 0. The molecule has 0 aliphatic carbocycles. The molecule has 38 heavy (non-hydrogen) atoms. The van der Waals surface area contributed by atoms with Gasteiger partial charge in [-0.05, 0) is 55.4 Å². The highest BCUT2D eigenvalue weighted by Gasteiger charge is 2.40. The van der Waals surface area contributed by atoms with E-state index in [1.807, 2.05) is 30.3 Å². The van der Waals surface area contributed by atoms with E-state index in [1.54, 1.807) is 12.1 Å². The molecular weight excluding hydrogens is 486 g/mol. The lowest BCUT2D eigenvalue weighted by molar-refractivity contribution is -0.143. The minimum Gasteiger partial charge on any atom is -0.508 e. The van der Waals surface area contributed by atoms with Crippen LogP contribution in [-0.2, 0) is 32.0 Å². The third kappa shape index (κ3) is 6.31. The van der Waals surface area contributed by atoms with E-state index in [0.717, 1.165) is 11.1 Å². The van der Waals surface area contributed by atoms with Crippen molar-refractivity contribution in [3.8, 4) is 5.75 Å². The molecule has 2 saturated heterocycles. The highest BCUT2D eigenvalue weighted by Crippen LogP contribution is 2.22. The molecule has 10 heteroatoms. The number of phenolic OH excluding ortho intramolecular Hbond substituents is 1. The van der Waals surface area contributed by atoms with Crippen molar-refractivity contribution in [1.82, 2.24) is 15.1 Å². The van der Waals surface area contributed by atoms with Gasteiger partial charge < -0.3 is 31.7 Å². The Morgan fingerprint density at radius 3 is 2.05 bits per heavy atom. The van der Waals surface area contributed by atoms with Crippen molar-refractivity contribution < 1.29 is 24.3 Å². The van der Waals surface area contributed by atoms with Gasteiger partial charge in [-0.2, -0.15) is 0 Å². The van der Waals surface area contributed by atoms with Gasteiger partial charge in [-0.3, -0.25) is 19.2 Å². The average Bonchev–Trinajstić information content (AvgIpc) is 3.60. The lowest BCUT2D eigenvalue weighted by atomic mass is 10.0. The summed E-state index contributed by atoms with van der Waals surface area (Å²) < 4.78 is 0. The first-order chi connectivity index (χ1) is 18.2. The summed E-state index contributed by atoms with van der Waals surface area (Å²) >= 11 is 0. The number of primary amides is 1. The lowest BCUT2D eigenvalue weighted by Gasteiger charge is -2.31. The van der Waals surface area contributed by atoms with Gasteiger partial charge in [0.15, 0.2) is 0 Å². The number of carbonyl (C=O) groups excluding carboxylic acids is 4. The number of aromatic hydroxyl groups is 1. The number of carbonyl (C=O) groups is 4. The van der Waals surface area contributed by atoms with E-state index >= 15 is 0 Å². The predicted molar refractivity (Wildman–Crippen MR) is 141 cm³/mol. The molecule has 0 radical (unpaired) electrons. The zero-order chi connectivity index (χ0) is 27.2. The molecule has 2 aromatic carbocycles. The summed E-state index contributed by atoms with van der Waals surface area (Å²) in [6.45, 7) is 0.793. The lowest BCUT2D eigenvalue weighted by Crippen LogP contribution is -2.57. The van der Waals surface area contributed by atoms with Gasteiger partial charge in [0, 0.05) is 19.5 Å². The van der Waals surface area contributed by atoms with Crippen LogP contribution in [0.1, 0.15) is 36.8 Å². The normalized spacial score (nSPS) is 20.7. The SMILES string of the molecule is NC(=O)C1CCCN1C(=O)[C@H](Cc1ccccc1)NC(=O)C1CCCN1C(=O)C(N)Cc1ccc(O)cc1. The Bertz CT molecular complexity index is 1160. The van der Waals surface area contributed by atoms with Crippen LogP contribution in [0.25, 0.3) is 0 Å². The van der Waals surface area contributed by atoms with E-state index in [-0.39, 0.29) is 30.4 Å². The van der Waals surface area contributed by atoms with E-state index in [9.17, 15) is 24.3 Å². The molecule has 202 valence electrons. The fourth-order valence-electron chi connectivity index (χ4n) is 5.33. The molecule has 2 aliphatic heterocycles. The number of hydrogen-bond acceptors (Lipinski definition) is 6. The number of amides is 4. The summed E-state index contributed by atoms with van der Waals surface area (Å²) in [6, 6.07) is 12.6. The average molecular weight is 522 g/mol. The molecule has 2 aromatic rings. The monoisotopic (exact) mass is 521 g/mol. The molecule has 2 aliphatic rings. The van der Waals surface area contributed by atoms with Crippen molar-refractivity contribution in [1.29, 1.82) is 0 Å². The summed E-state index contributed by atoms with van der Waals surface area (Å²) in [6.07, 6.45) is 2.77. The van der Waals surface area contributed by atoms with Crippen LogP contribution in [0.15, 0.2) is 54.6 Å². The van der Waals surface area contributed by atoms with E-state index in [2.05, 4.69) is 5.32 Å². The molecule has 4 amide bonds. The van der Waals surface area contributed by atoms with Gasteiger partial charge in [0.05, 0.1) is 6.04 Å². The van der Waals surface area contributed by atoms with Crippen molar-refractivity contribution in [3.05, 3.63) is 65.7 Å². The van der Waals surface area contributed by atoms with E-state index < -0.39 is 36.0 Å². The third-order valence-corrected chi connectivity index (χ3v) is 7.31. The zero-order valence-corrected chi connectivity index (χ0v) is 21.3. The molecule has 0 bridgehead atoms. The summed E-state index contributed by atoms with van der Waals surface area (Å²) in [5, 5.41) is 12.4. The number of likely N-dealkylation sites (tertiary alicyclic amines) is 2. The minimum absolute atomic E-state index is 0.126. The Hall–Kier alpha value is -3.92. The third-order valence-electron chi connectivity index (χ3n) is 7.31. The molecule has 0 saturated carbocycles. The van der Waals surface area contributed by atoms with Gasteiger partial charge >= 0.3 is 0 Å². The van der Waals surface area contributed by atoms with Crippen LogP contribution in [-0.4, -0.2) is 75.8 Å². The predicted octanol–water partition coefficient (Wildman–Crippen LogP) is 0.457. The molecule has 10 nitrogen and oxygen atoms in total. The van der Waals surface area contributed by atoms with Gasteiger partial charge in [-0.1, -0.05) is 42.5 Å². The van der Waals surface area contributed by atoms with E-state index in [1.165, 1.54) is 21.9 Å². The molecule has 2 fully saturated rings. The van der Waals surface area contributed by atoms with Crippen molar-refractivity contribution in [2.75, 3.05) is 13.1 Å². The summed E-state index contributed by atoms with van der Waals surface area (Å²) in [5.41, 5.74) is 13.4. The Morgan fingerprint density at radius 2 is 1.42 bits per heavy atom. The van der Waals surface area contributed by atoms with Crippen LogP contribution in [0.4, 0.5) is 0 Å². The fourth-order valence-corrected chi connectivity index (χ4v) is 5.33. The van der Waals surface area contributed by atoms with Crippen LogP contribution in [0, 0.1) is 0 Å². The van der Waals surface area contributed by atoms with Crippen LogP contribution >= 0.6 is 0 Å². The van der Waals surface area contributed by atoms with Gasteiger partial charge in [0.2, 0.25) is 23.6 Å². The molecule has 3 unspecified atom stereocenters. The maximum atomic E-state index is 13.6. The molecule has 0 spiro atoms. The largest absolute Gasteiger partial charge is 0.508 e. The van der Waals surface area contributed by atoms with Crippen molar-refractivity contribution in [3.63, 3.8) is 0 Å². The highest BCUT2D eigenvalue weighted by atomic mass is 16.3. The maximum Gasteiger partial charge on any atom is 0.246 e. The number of phenols is 1. The van der Waals surface area contributed by atoms with Crippen LogP contribution in [0.2, 0.25) is 0 Å². The zero-order valence-electron chi connectivity index (χ0n) is 21.3. The van der Waals surface area contributed by atoms with Gasteiger partial charge in [0.1, 0.15) is 23.9 Å². The summed E-state index contributed by atoms with van der Waals surface area (Å²) in [5.74, 6) is -1.55. The van der Waals surface area contributed by atoms with Crippen LogP contribution in [0.3, 0.4) is 0 Å². The number of nitrogens with two attached hydrogens (primary N) is 2. The Balaban J connectivity index is 1.47. The number of rotatable bonds is 9. The smallest absolute Gasteiger partial charge is 0.246 e. The summed E-state index contributed by atoms with van der Waals surface area (Å²) in [4.78, 5) is 55.1. The van der Waals surface area contributed by atoms with Gasteiger partial charge in [0.25, 0.3) is 0 Å². The quantitative estimate of drug-likeness (QED) is 0.375. The first-order valence-corrected chi connectivity index (χ1v) is 13.0. The maximum absolute atomic E-state index is 13.6. The van der Waals surface area contributed by atoms with Crippen molar-refractivity contribution >= 4 is 23.6 Å². The first kappa shape index (κ1) is 27.1. The molecule has 6 N–H and O–H groups in total. The van der Waals surface area contributed by atoms with Gasteiger partial charge in [-0.15, -0.1) is 0 Å². The second-order valence-electron chi connectivity index (χ2n) is 10.0. The topological polar surface area (TPSA) is 159 Å².